The van der Waals surface area contributed by atoms with Crippen LogP contribution in [0.25, 0.3) is 0 Å². The molecule has 2 atom stereocenters. The highest BCUT2D eigenvalue weighted by Crippen LogP contribution is 2.44. The first kappa shape index (κ1) is 12.2. The highest BCUT2D eigenvalue weighted by molar-refractivity contribution is 5.31. The van der Waals surface area contributed by atoms with Gasteiger partial charge in [0.15, 0.2) is 0 Å². The predicted octanol–water partition coefficient (Wildman–Crippen LogP) is 3.11. The van der Waals surface area contributed by atoms with Crippen LogP contribution in [0.15, 0.2) is 18.5 Å². The van der Waals surface area contributed by atoms with Crippen LogP contribution in [-0.2, 0) is 12.8 Å². The van der Waals surface area contributed by atoms with E-state index in [-0.39, 0.29) is 0 Å². The molecule has 98 valence electrons. The standard InChI is InChI=1S/C16H24N2/c1-2-6-16(11-15-4-3-7-18-15)9-13-5-8-17-12-14(13)10-16/h5,8,12,15,18H,2-4,6-7,9-11H2,1H3. The van der Waals surface area contributed by atoms with Crippen LogP contribution in [0, 0.1) is 5.41 Å². The molecule has 1 saturated heterocycles. The lowest BCUT2D eigenvalue weighted by molar-refractivity contribution is 0.224. The van der Waals surface area contributed by atoms with Crippen molar-refractivity contribution in [3.8, 4) is 0 Å². The molecule has 1 fully saturated rings. The van der Waals surface area contributed by atoms with Crippen molar-refractivity contribution in [2.75, 3.05) is 6.54 Å². The topological polar surface area (TPSA) is 24.9 Å². The van der Waals surface area contributed by atoms with Crippen LogP contribution in [0.2, 0.25) is 0 Å². The number of rotatable bonds is 4. The van der Waals surface area contributed by atoms with Crippen LogP contribution < -0.4 is 5.32 Å². The molecule has 1 aliphatic carbocycles. The molecule has 1 aromatic heterocycles. The summed E-state index contributed by atoms with van der Waals surface area (Å²) >= 11 is 0. The van der Waals surface area contributed by atoms with Crippen molar-refractivity contribution >= 4 is 0 Å². The summed E-state index contributed by atoms with van der Waals surface area (Å²) in [5.74, 6) is 0. The van der Waals surface area contributed by atoms with Gasteiger partial charge in [0.25, 0.3) is 0 Å². The second-order valence-electron chi connectivity index (χ2n) is 6.25. The third-order valence-corrected chi connectivity index (χ3v) is 4.76. The molecule has 18 heavy (non-hydrogen) atoms. The van der Waals surface area contributed by atoms with Crippen molar-refractivity contribution in [1.29, 1.82) is 0 Å². The molecule has 2 nitrogen and oxygen atoms in total. The molecule has 2 unspecified atom stereocenters. The Morgan fingerprint density at radius 2 is 2.28 bits per heavy atom. The van der Waals surface area contributed by atoms with Crippen molar-refractivity contribution in [3.05, 3.63) is 29.6 Å². The maximum absolute atomic E-state index is 4.30. The van der Waals surface area contributed by atoms with Gasteiger partial charge in [-0.2, -0.15) is 0 Å². The summed E-state index contributed by atoms with van der Waals surface area (Å²) in [6.45, 7) is 3.55. The van der Waals surface area contributed by atoms with Crippen molar-refractivity contribution in [1.82, 2.24) is 10.3 Å². The van der Waals surface area contributed by atoms with Gasteiger partial charge < -0.3 is 5.32 Å². The zero-order chi connectivity index (χ0) is 12.4. The van der Waals surface area contributed by atoms with Gasteiger partial charge in [0.1, 0.15) is 0 Å². The van der Waals surface area contributed by atoms with Crippen LogP contribution in [0.3, 0.4) is 0 Å². The summed E-state index contributed by atoms with van der Waals surface area (Å²) in [7, 11) is 0. The van der Waals surface area contributed by atoms with Crippen LogP contribution >= 0.6 is 0 Å². The smallest absolute Gasteiger partial charge is 0.0302 e. The molecule has 0 amide bonds. The summed E-state index contributed by atoms with van der Waals surface area (Å²) < 4.78 is 0. The Labute approximate surface area is 110 Å². The van der Waals surface area contributed by atoms with Crippen LogP contribution in [0.5, 0.6) is 0 Å². The average Bonchev–Trinajstić information content (AvgIpc) is 2.96. The number of aromatic nitrogens is 1. The Hall–Kier alpha value is -0.890. The lowest BCUT2D eigenvalue weighted by atomic mass is 9.75. The molecule has 1 N–H and O–H groups in total. The predicted molar refractivity (Wildman–Crippen MR) is 74.6 cm³/mol. The summed E-state index contributed by atoms with van der Waals surface area (Å²) in [5, 5.41) is 3.68. The van der Waals surface area contributed by atoms with Crippen molar-refractivity contribution in [3.63, 3.8) is 0 Å². The first-order valence-corrected chi connectivity index (χ1v) is 7.46. The maximum atomic E-state index is 4.30. The summed E-state index contributed by atoms with van der Waals surface area (Å²) in [5.41, 5.74) is 3.57. The van der Waals surface area contributed by atoms with E-state index in [1.807, 2.05) is 6.20 Å². The number of nitrogens with one attached hydrogen (secondary N) is 1. The van der Waals surface area contributed by atoms with E-state index in [4.69, 9.17) is 0 Å². The molecule has 0 aromatic carbocycles. The zero-order valence-electron chi connectivity index (χ0n) is 11.4. The van der Waals surface area contributed by atoms with Gasteiger partial charge >= 0.3 is 0 Å². The quantitative estimate of drug-likeness (QED) is 0.880. The highest BCUT2D eigenvalue weighted by Gasteiger charge is 2.38. The van der Waals surface area contributed by atoms with Crippen molar-refractivity contribution in [2.45, 2.75) is 57.9 Å². The molecule has 0 radical (unpaired) electrons. The Bertz CT molecular complexity index is 382. The summed E-state index contributed by atoms with van der Waals surface area (Å²) in [4.78, 5) is 4.30. The molecule has 0 bridgehead atoms. The van der Waals surface area contributed by atoms with Gasteiger partial charge in [0, 0.05) is 18.4 Å². The highest BCUT2D eigenvalue weighted by atomic mass is 14.9. The van der Waals surface area contributed by atoms with E-state index < -0.39 is 0 Å². The maximum Gasteiger partial charge on any atom is 0.0302 e. The van der Waals surface area contributed by atoms with E-state index in [1.54, 1.807) is 5.56 Å². The molecule has 0 spiro atoms. The molecule has 1 aromatic rings. The van der Waals surface area contributed by atoms with Crippen LogP contribution in [0.1, 0.15) is 50.2 Å². The van der Waals surface area contributed by atoms with Crippen LogP contribution in [0.4, 0.5) is 0 Å². The lowest BCUT2D eigenvalue weighted by Gasteiger charge is -2.31. The van der Waals surface area contributed by atoms with Gasteiger partial charge in [0.2, 0.25) is 0 Å². The summed E-state index contributed by atoms with van der Waals surface area (Å²) in [6, 6.07) is 2.99. The van der Waals surface area contributed by atoms with E-state index >= 15 is 0 Å². The first-order valence-electron chi connectivity index (χ1n) is 7.46. The number of fused-ring (bicyclic) bond motifs is 1. The monoisotopic (exact) mass is 244 g/mol. The zero-order valence-corrected chi connectivity index (χ0v) is 11.4. The molecular weight excluding hydrogens is 220 g/mol. The third-order valence-electron chi connectivity index (χ3n) is 4.76. The Kier molecular flexibility index (Phi) is 3.38. The van der Waals surface area contributed by atoms with Gasteiger partial charge in [-0.05, 0) is 67.7 Å². The average molecular weight is 244 g/mol. The van der Waals surface area contributed by atoms with E-state index in [0.29, 0.717) is 5.41 Å². The Morgan fingerprint density at radius 1 is 1.39 bits per heavy atom. The van der Waals surface area contributed by atoms with Crippen LogP contribution in [-0.4, -0.2) is 17.6 Å². The number of hydrogen-bond acceptors (Lipinski definition) is 2. The Balaban J connectivity index is 1.77. The van der Waals surface area contributed by atoms with Crippen molar-refractivity contribution in [2.24, 2.45) is 5.41 Å². The van der Waals surface area contributed by atoms with Gasteiger partial charge in [-0.3, -0.25) is 4.98 Å². The largest absolute Gasteiger partial charge is 0.314 e. The van der Waals surface area contributed by atoms with E-state index in [2.05, 4.69) is 29.5 Å². The van der Waals surface area contributed by atoms with E-state index in [0.717, 1.165) is 6.04 Å². The number of pyridine rings is 1. The second kappa shape index (κ2) is 5.00. The number of nitrogens with zero attached hydrogens (tertiary/aromatic N) is 1. The lowest BCUT2D eigenvalue weighted by Crippen LogP contribution is -2.32. The fourth-order valence-electron chi connectivity index (χ4n) is 4.07. The molecule has 0 saturated carbocycles. The molecule has 2 heteroatoms. The fraction of sp³-hybridized carbons (Fsp3) is 0.688. The Morgan fingerprint density at radius 3 is 3.00 bits per heavy atom. The molecule has 1 aliphatic heterocycles. The van der Waals surface area contributed by atoms with Gasteiger partial charge in [0.05, 0.1) is 0 Å². The second-order valence-corrected chi connectivity index (χ2v) is 6.25. The van der Waals surface area contributed by atoms with Gasteiger partial charge in [-0.15, -0.1) is 0 Å². The van der Waals surface area contributed by atoms with Gasteiger partial charge in [-0.1, -0.05) is 13.3 Å². The molecule has 2 aliphatic rings. The van der Waals surface area contributed by atoms with E-state index in [1.165, 1.54) is 57.1 Å². The minimum atomic E-state index is 0.516. The summed E-state index contributed by atoms with van der Waals surface area (Å²) in [6.07, 6.45) is 13.3. The third kappa shape index (κ3) is 2.31. The molecule has 3 rings (SSSR count). The minimum absolute atomic E-state index is 0.516. The molecule has 2 heterocycles. The van der Waals surface area contributed by atoms with E-state index in [9.17, 15) is 0 Å². The first-order chi connectivity index (χ1) is 8.81. The molecular formula is C16H24N2. The van der Waals surface area contributed by atoms with Gasteiger partial charge in [-0.25, -0.2) is 0 Å². The fourth-order valence-corrected chi connectivity index (χ4v) is 4.07. The van der Waals surface area contributed by atoms with Crippen molar-refractivity contribution < 1.29 is 0 Å². The normalized spacial score (nSPS) is 30.6. The minimum Gasteiger partial charge on any atom is -0.314 e. The number of hydrogen-bond donors (Lipinski definition) is 1. The SMILES string of the molecule is CCCC1(CC2CCCN2)Cc2ccncc2C1.